The molecule has 0 spiro atoms. The molecule has 0 aliphatic carbocycles. The second kappa shape index (κ2) is 4.73. The summed E-state index contributed by atoms with van der Waals surface area (Å²) in [4.78, 5) is 14.1. The summed E-state index contributed by atoms with van der Waals surface area (Å²) in [5, 5.41) is 0. The van der Waals surface area contributed by atoms with Gasteiger partial charge in [-0.3, -0.25) is 9.79 Å². The van der Waals surface area contributed by atoms with Gasteiger partial charge in [0.2, 0.25) is 0 Å². The maximum absolute atomic E-state index is 10.2. The van der Waals surface area contributed by atoms with Crippen LogP contribution in [0.4, 0.5) is 0 Å². The molecular weight excluding hydrogens is 128 g/mol. The van der Waals surface area contributed by atoms with Crippen LogP contribution in [-0.4, -0.2) is 18.5 Å². The molecule has 3 heteroatoms. The van der Waals surface area contributed by atoms with Crippen LogP contribution in [0, 0.1) is 0 Å². The first-order valence-electron chi connectivity index (χ1n) is 3.14. The number of nitrogens with zero attached hydrogens (tertiary/aromatic N) is 1. The summed E-state index contributed by atoms with van der Waals surface area (Å²) in [5.41, 5.74) is 6.32. The van der Waals surface area contributed by atoms with Gasteiger partial charge in [-0.1, -0.05) is 0 Å². The van der Waals surface area contributed by atoms with Crippen LogP contribution in [0.1, 0.15) is 13.8 Å². The molecule has 0 aliphatic rings. The van der Waals surface area contributed by atoms with E-state index in [9.17, 15) is 4.79 Å². The Labute approximate surface area is 60.6 Å². The third kappa shape index (κ3) is 3.83. The van der Waals surface area contributed by atoms with Crippen molar-refractivity contribution < 1.29 is 4.79 Å². The van der Waals surface area contributed by atoms with Crippen LogP contribution in [0.3, 0.4) is 0 Å². The van der Waals surface area contributed by atoms with Crippen LogP contribution in [-0.2, 0) is 4.79 Å². The van der Waals surface area contributed by atoms with Crippen LogP contribution in [0.5, 0.6) is 0 Å². The van der Waals surface area contributed by atoms with Gasteiger partial charge in [0, 0.05) is 12.2 Å². The Hall–Kier alpha value is -1.12. The molecule has 0 bridgehead atoms. The number of aliphatic imine (C=N–C) groups is 1. The molecule has 0 unspecified atom stereocenters. The van der Waals surface area contributed by atoms with Gasteiger partial charge in [0.05, 0.1) is 5.71 Å². The van der Waals surface area contributed by atoms with E-state index in [1.807, 2.05) is 6.92 Å². The molecule has 0 saturated heterocycles. The van der Waals surface area contributed by atoms with Crippen LogP contribution >= 0.6 is 0 Å². The molecule has 0 amide bonds. The number of carbonyl (C=O) groups is 1. The van der Waals surface area contributed by atoms with E-state index in [4.69, 9.17) is 5.73 Å². The second-order valence-electron chi connectivity index (χ2n) is 1.91. The van der Waals surface area contributed by atoms with Gasteiger partial charge in [0.1, 0.15) is 0 Å². The predicted molar refractivity (Wildman–Crippen MR) is 42.0 cm³/mol. The number of nitrogens with two attached hydrogens (primary N) is 1. The number of aldehydes is 1. The van der Waals surface area contributed by atoms with Crippen molar-refractivity contribution in [1.29, 1.82) is 0 Å². The van der Waals surface area contributed by atoms with Crippen molar-refractivity contribution in [3.8, 4) is 0 Å². The second-order valence-corrected chi connectivity index (χ2v) is 1.91. The molecule has 0 saturated carbocycles. The Kier molecular flexibility index (Phi) is 4.20. The minimum Gasteiger partial charge on any atom is -0.402 e. The van der Waals surface area contributed by atoms with E-state index in [1.54, 1.807) is 13.0 Å². The fourth-order valence-corrected chi connectivity index (χ4v) is 0.533. The van der Waals surface area contributed by atoms with Crippen LogP contribution in [0.15, 0.2) is 16.8 Å². The average Bonchev–Trinajstić information content (AvgIpc) is 1.86. The van der Waals surface area contributed by atoms with Crippen LogP contribution in [0.2, 0.25) is 0 Å². The van der Waals surface area contributed by atoms with Gasteiger partial charge in [-0.15, -0.1) is 0 Å². The molecule has 0 rings (SSSR count). The number of rotatable bonds is 3. The fourth-order valence-electron chi connectivity index (χ4n) is 0.533. The molecule has 0 aromatic carbocycles. The summed E-state index contributed by atoms with van der Waals surface area (Å²) in [6, 6.07) is 0. The molecule has 0 aliphatic heterocycles. The van der Waals surface area contributed by atoms with Crippen molar-refractivity contribution >= 4 is 12.0 Å². The van der Waals surface area contributed by atoms with Crippen molar-refractivity contribution in [3.05, 3.63) is 11.8 Å². The topological polar surface area (TPSA) is 55.5 Å². The number of carbonyl (C=O) groups excluding carboxylic acids is 1. The zero-order chi connectivity index (χ0) is 7.98. The van der Waals surface area contributed by atoms with E-state index in [0.717, 1.165) is 0 Å². The molecule has 10 heavy (non-hydrogen) atoms. The molecule has 0 aromatic rings. The first kappa shape index (κ1) is 8.88. The maximum atomic E-state index is 10.2. The highest BCUT2D eigenvalue weighted by Gasteiger charge is 1.88. The fraction of sp³-hybridized carbons (Fsp3) is 0.429. The summed E-state index contributed by atoms with van der Waals surface area (Å²) in [6.45, 7) is 4.19. The number of hydrogen-bond donors (Lipinski definition) is 1. The Morgan fingerprint density at radius 1 is 1.70 bits per heavy atom. The zero-order valence-corrected chi connectivity index (χ0v) is 6.29. The number of hydrogen-bond acceptors (Lipinski definition) is 3. The van der Waals surface area contributed by atoms with E-state index in [2.05, 4.69) is 4.99 Å². The Balaban J connectivity index is 4.23. The highest BCUT2D eigenvalue weighted by molar-refractivity contribution is 6.33. The minimum atomic E-state index is 0.405. The largest absolute Gasteiger partial charge is 0.402 e. The molecule has 2 N–H and O–H groups in total. The smallest absolute Gasteiger partial charge is 0.168 e. The molecule has 0 fully saturated rings. The van der Waals surface area contributed by atoms with Crippen LogP contribution < -0.4 is 5.73 Å². The normalized spacial score (nSPS) is 13.4. The highest BCUT2D eigenvalue weighted by Crippen LogP contribution is 1.83. The molecule has 0 aromatic heterocycles. The monoisotopic (exact) mass is 140 g/mol. The van der Waals surface area contributed by atoms with Gasteiger partial charge in [-0.05, 0) is 19.9 Å². The van der Waals surface area contributed by atoms with Gasteiger partial charge in [-0.25, -0.2) is 0 Å². The van der Waals surface area contributed by atoms with Crippen molar-refractivity contribution in [2.24, 2.45) is 10.7 Å². The molecular formula is C7H12N2O. The quantitative estimate of drug-likeness (QED) is 0.458. The SMILES string of the molecule is CCN=C(C=O)/C=C(/C)N. The van der Waals surface area contributed by atoms with Crippen molar-refractivity contribution in [2.45, 2.75) is 13.8 Å². The standard InChI is InChI=1S/C7H12N2O/c1-3-9-7(5-10)4-6(2)8/h4-5H,3,8H2,1-2H3/b6-4-,9-7?. The van der Waals surface area contributed by atoms with Gasteiger partial charge in [-0.2, -0.15) is 0 Å². The first-order chi connectivity index (χ1) is 4.70. The third-order valence-corrected chi connectivity index (χ3v) is 0.837. The third-order valence-electron chi connectivity index (χ3n) is 0.837. The summed E-state index contributed by atoms with van der Waals surface area (Å²) >= 11 is 0. The number of allylic oxidation sites excluding steroid dienone is 2. The van der Waals surface area contributed by atoms with Gasteiger partial charge in [0.25, 0.3) is 0 Å². The lowest BCUT2D eigenvalue weighted by Gasteiger charge is -1.89. The zero-order valence-electron chi connectivity index (χ0n) is 6.29. The molecule has 0 atom stereocenters. The minimum absolute atomic E-state index is 0.405. The van der Waals surface area contributed by atoms with E-state index in [1.165, 1.54) is 0 Å². The van der Waals surface area contributed by atoms with Crippen molar-refractivity contribution in [2.75, 3.05) is 6.54 Å². The van der Waals surface area contributed by atoms with Crippen molar-refractivity contribution in [1.82, 2.24) is 0 Å². The average molecular weight is 140 g/mol. The van der Waals surface area contributed by atoms with Crippen molar-refractivity contribution in [3.63, 3.8) is 0 Å². The van der Waals surface area contributed by atoms with E-state index in [-0.39, 0.29) is 0 Å². The Morgan fingerprint density at radius 3 is 2.60 bits per heavy atom. The molecule has 3 nitrogen and oxygen atoms in total. The molecule has 0 radical (unpaired) electrons. The van der Waals surface area contributed by atoms with Gasteiger partial charge >= 0.3 is 0 Å². The Morgan fingerprint density at radius 2 is 2.30 bits per heavy atom. The Bertz CT molecular complexity index is 166. The first-order valence-corrected chi connectivity index (χ1v) is 3.14. The summed E-state index contributed by atoms with van der Waals surface area (Å²) in [5.74, 6) is 0. The lowest BCUT2D eigenvalue weighted by Crippen LogP contribution is -2.01. The molecule has 0 heterocycles. The van der Waals surface area contributed by atoms with Crippen LogP contribution in [0.25, 0.3) is 0 Å². The maximum Gasteiger partial charge on any atom is 0.168 e. The van der Waals surface area contributed by atoms with Gasteiger partial charge in [0.15, 0.2) is 6.29 Å². The lowest BCUT2D eigenvalue weighted by atomic mass is 10.3. The van der Waals surface area contributed by atoms with Gasteiger partial charge < -0.3 is 5.73 Å². The highest BCUT2D eigenvalue weighted by atomic mass is 16.1. The summed E-state index contributed by atoms with van der Waals surface area (Å²) < 4.78 is 0. The van der Waals surface area contributed by atoms with E-state index >= 15 is 0 Å². The summed E-state index contributed by atoms with van der Waals surface area (Å²) in [7, 11) is 0. The van der Waals surface area contributed by atoms with E-state index in [0.29, 0.717) is 24.2 Å². The predicted octanol–water partition coefficient (Wildman–Crippen LogP) is 0.509. The van der Waals surface area contributed by atoms with E-state index < -0.39 is 0 Å². The molecule has 56 valence electrons. The lowest BCUT2D eigenvalue weighted by molar-refractivity contribution is -0.102. The summed E-state index contributed by atoms with van der Waals surface area (Å²) in [6.07, 6.45) is 2.25.